The third-order valence-electron chi connectivity index (χ3n) is 7.24. The van der Waals surface area contributed by atoms with Crippen LogP contribution in [0.2, 0.25) is 5.02 Å². The lowest BCUT2D eigenvalue weighted by atomic mass is 9.90. The number of fused-ring (bicyclic) bond motifs is 4. The Hall–Kier alpha value is -3.49. The van der Waals surface area contributed by atoms with Gasteiger partial charge in [-0.05, 0) is 43.2 Å². The van der Waals surface area contributed by atoms with Crippen molar-refractivity contribution in [3.8, 4) is 17.1 Å². The van der Waals surface area contributed by atoms with Gasteiger partial charge in [-0.3, -0.25) is 9.69 Å². The van der Waals surface area contributed by atoms with Gasteiger partial charge < -0.3 is 14.0 Å². The molecule has 1 amide bonds. The summed E-state index contributed by atoms with van der Waals surface area (Å²) in [5.41, 5.74) is 3.74. The van der Waals surface area contributed by atoms with E-state index in [1.807, 2.05) is 48.7 Å². The van der Waals surface area contributed by atoms with E-state index in [0.717, 1.165) is 35.4 Å². The van der Waals surface area contributed by atoms with Crippen LogP contribution in [-0.4, -0.2) is 62.4 Å². The summed E-state index contributed by atoms with van der Waals surface area (Å²) in [5.74, 6) is -0.777. The molecule has 1 aromatic carbocycles. The molecule has 7 rings (SSSR count). The Bertz CT molecular complexity index is 1440. The predicted octanol–water partition coefficient (Wildman–Crippen LogP) is 4.69. The van der Waals surface area contributed by atoms with Crippen molar-refractivity contribution in [1.29, 1.82) is 0 Å². The normalized spacial score (nSPS) is 19.7. The minimum atomic E-state index is -0.627. The SMILES string of the molecule is COc1ccc(F)c(C(=O)N2CC3CC[C@H]2CN3Cc2c(-c3ccc(Cl)cc3)nc3ccccn23)n1. The van der Waals surface area contributed by atoms with E-state index in [0.29, 0.717) is 24.7 Å². The number of hydrogen-bond acceptors (Lipinski definition) is 5. The van der Waals surface area contributed by atoms with Gasteiger partial charge in [0, 0.05) is 54.6 Å². The maximum Gasteiger partial charge on any atom is 0.276 e. The molecule has 0 spiro atoms. The number of ether oxygens (including phenoxy) is 1. The fourth-order valence-electron chi connectivity index (χ4n) is 5.41. The maximum atomic E-state index is 14.5. The van der Waals surface area contributed by atoms with Crippen molar-refractivity contribution in [2.24, 2.45) is 0 Å². The molecule has 3 aromatic heterocycles. The highest BCUT2D eigenvalue weighted by molar-refractivity contribution is 6.30. The maximum absolute atomic E-state index is 14.5. The molecule has 3 aliphatic rings. The van der Waals surface area contributed by atoms with Gasteiger partial charge in [0.2, 0.25) is 5.88 Å². The molecule has 1 unspecified atom stereocenters. The molecule has 6 heterocycles. The van der Waals surface area contributed by atoms with E-state index in [1.165, 1.54) is 19.2 Å². The molecule has 9 heteroatoms. The molecule has 0 aliphatic carbocycles. The lowest BCUT2D eigenvalue weighted by Gasteiger charge is -2.51. The quantitative estimate of drug-likeness (QED) is 0.394. The van der Waals surface area contributed by atoms with E-state index in [-0.39, 0.29) is 29.6 Å². The van der Waals surface area contributed by atoms with Crippen molar-refractivity contribution in [2.75, 3.05) is 20.2 Å². The molecule has 36 heavy (non-hydrogen) atoms. The van der Waals surface area contributed by atoms with E-state index >= 15 is 0 Å². The molecule has 2 bridgehead atoms. The van der Waals surface area contributed by atoms with E-state index < -0.39 is 5.82 Å². The molecular formula is C27H25ClFN5O2. The smallest absolute Gasteiger partial charge is 0.276 e. The summed E-state index contributed by atoms with van der Waals surface area (Å²) in [6.45, 7) is 1.94. The summed E-state index contributed by atoms with van der Waals surface area (Å²) in [6.07, 6.45) is 3.90. The monoisotopic (exact) mass is 505 g/mol. The summed E-state index contributed by atoms with van der Waals surface area (Å²) in [7, 11) is 1.45. The van der Waals surface area contributed by atoms with Crippen molar-refractivity contribution < 1.29 is 13.9 Å². The third-order valence-corrected chi connectivity index (χ3v) is 7.49. The number of halogens is 2. The van der Waals surface area contributed by atoms with Gasteiger partial charge in [0.15, 0.2) is 11.5 Å². The highest BCUT2D eigenvalue weighted by Crippen LogP contribution is 2.34. The molecule has 7 nitrogen and oxygen atoms in total. The summed E-state index contributed by atoms with van der Waals surface area (Å²) >= 11 is 6.13. The van der Waals surface area contributed by atoms with Gasteiger partial charge in [0.25, 0.3) is 5.91 Å². The highest BCUT2D eigenvalue weighted by atomic mass is 35.5. The number of carbonyl (C=O) groups excluding carboxylic acids is 1. The van der Waals surface area contributed by atoms with Crippen LogP contribution in [0.25, 0.3) is 16.9 Å². The fourth-order valence-corrected chi connectivity index (χ4v) is 5.54. The Labute approximate surface area is 213 Å². The summed E-state index contributed by atoms with van der Waals surface area (Å²) in [5, 5.41) is 0.684. The second-order valence-corrected chi connectivity index (χ2v) is 9.74. The number of pyridine rings is 2. The number of carbonyl (C=O) groups is 1. The van der Waals surface area contributed by atoms with Gasteiger partial charge in [-0.25, -0.2) is 14.4 Å². The standard InChI is InChI=1S/C27H25ClFN5O2/c1-36-24-12-11-21(29)26(31-24)27(35)34-15-19-9-10-20(34)14-32(19)16-22-25(17-5-7-18(28)8-6-17)30-23-4-2-3-13-33(22)23/h2-8,11-13,19-20H,9-10,14-16H2,1H3/t19?,20-/m0/s1. The van der Waals surface area contributed by atoms with Crippen LogP contribution < -0.4 is 4.74 Å². The average molecular weight is 506 g/mol. The Morgan fingerprint density at radius 1 is 1.06 bits per heavy atom. The van der Waals surface area contributed by atoms with Crippen molar-refractivity contribution in [1.82, 2.24) is 24.2 Å². The molecule has 3 fully saturated rings. The second kappa shape index (κ2) is 9.19. The van der Waals surface area contributed by atoms with E-state index in [1.54, 1.807) is 4.90 Å². The van der Waals surface area contributed by atoms with Crippen LogP contribution in [0.1, 0.15) is 29.0 Å². The number of benzene rings is 1. The number of piperazine rings is 1. The number of methoxy groups -OCH3 is 1. The molecule has 184 valence electrons. The zero-order chi connectivity index (χ0) is 24.8. The first kappa shape index (κ1) is 22.9. The topological polar surface area (TPSA) is 63.0 Å². The lowest BCUT2D eigenvalue weighted by Crippen LogP contribution is -2.63. The van der Waals surface area contributed by atoms with Crippen LogP contribution >= 0.6 is 11.6 Å². The molecular weight excluding hydrogens is 481 g/mol. The van der Waals surface area contributed by atoms with E-state index in [2.05, 4.69) is 14.3 Å². The van der Waals surface area contributed by atoms with Crippen LogP contribution in [0.3, 0.4) is 0 Å². The van der Waals surface area contributed by atoms with Gasteiger partial charge in [-0.2, -0.15) is 0 Å². The average Bonchev–Trinajstić information content (AvgIpc) is 3.27. The summed E-state index contributed by atoms with van der Waals surface area (Å²) < 4.78 is 21.7. The lowest BCUT2D eigenvalue weighted by molar-refractivity contribution is -0.0165. The molecule has 0 radical (unpaired) electrons. The van der Waals surface area contributed by atoms with Gasteiger partial charge in [-0.15, -0.1) is 0 Å². The first-order valence-electron chi connectivity index (χ1n) is 12.0. The first-order valence-corrected chi connectivity index (χ1v) is 12.4. The minimum Gasteiger partial charge on any atom is -0.481 e. The highest BCUT2D eigenvalue weighted by Gasteiger charge is 2.42. The number of hydrogen-bond donors (Lipinski definition) is 0. The van der Waals surface area contributed by atoms with Gasteiger partial charge in [-0.1, -0.05) is 29.8 Å². The molecule has 4 aromatic rings. The number of aromatic nitrogens is 3. The number of nitrogens with zero attached hydrogens (tertiary/aromatic N) is 5. The minimum absolute atomic E-state index is 0.00642. The van der Waals surface area contributed by atoms with E-state index in [4.69, 9.17) is 21.3 Å². The second-order valence-electron chi connectivity index (χ2n) is 9.30. The third kappa shape index (κ3) is 4.00. The van der Waals surface area contributed by atoms with Crippen molar-refractivity contribution in [2.45, 2.75) is 31.5 Å². The van der Waals surface area contributed by atoms with Crippen molar-refractivity contribution in [3.63, 3.8) is 0 Å². The fraction of sp³-hybridized carbons (Fsp3) is 0.296. The Morgan fingerprint density at radius 3 is 2.61 bits per heavy atom. The zero-order valence-corrected chi connectivity index (χ0v) is 20.5. The van der Waals surface area contributed by atoms with Crippen molar-refractivity contribution in [3.05, 3.63) is 83.0 Å². The van der Waals surface area contributed by atoms with Crippen LogP contribution in [0.5, 0.6) is 5.88 Å². The largest absolute Gasteiger partial charge is 0.481 e. The molecule has 3 saturated heterocycles. The molecule has 2 atom stereocenters. The van der Waals surface area contributed by atoms with Gasteiger partial charge >= 0.3 is 0 Å². The summed E-state index contributed by atoms with van der Waals surface area (Å²) in [6, 6.07) is 16.5. The molecule has 0 saturated carbocycles. The van der Waals surface area contributed by atoms with Gasteiger partial charge in [0.05, 0.1) is 18.5 Å². The van der Waals surface area contributed by atoms with Crippen molar-refractivity contribution >= 4 is 23.2 Å². The predicted molar refractivity (Wildman–Crippen MR) is 135 cm³/mol. The van der Waals surface area contributed by atoms with Crippen LogP contribution in [0.4, 0.5) is 4.39 Å². The first-order chi connectivity index (χ1) is 17.5. The summed E-state index contributed by atoms with van der Waals surface area (Å²) in [4.78, 5) is 26.5. The Kier molecular flexibility index (Phi) is 5.85. The Balaban J connectivity index is 1.28. The number of rotatable bonds is 5. The number of imidazole rings is 1. The van der Waals surface area contributed by atoms with E-state index in [9.17, 15) is 9.18 Å². The van der Waals surface area contributed by atoms with Crippen LogP contribution in [-0.2, 0) is 6.54 Å². The Morgan fingerprint density at radius 2 is 1.86 bits per heavy atom. The van der Waals surface area contributed by atoms with Crippen LogP contribution in [0, 0.1) is 5.82 Å². The van der Waals surface area contributed by atoms with Gasteiger partial charge in [0.1, 0.15) is 5.65 Å². The zero-order valence-electron chi connectivity index (χ0n) is 19.8. The number of piperidine rings is 2. The van der Waals surface area contributed by atoms with Crippen LogP contribution in [0.15, 0.2) is 60.8 Å². The molecule has 0 N–H and O–H groups in total. The molecule has 3 aliphatic heterocycles. The number of amides is 1.